The Bertz CT molecular complexity index is 161. The average molecular weight is 170 g/mol. The number of nitrogens with two attached hydrogens (primary N) is 1. The largest absolute Gasteiger partial charge is 0.427 e. The van der Waals surface area contributed by atoms with E-state index in [1.54, 1.807) is 19.8 Å². The van der Waals surface area contributed by atoms with Crippen molar-refractivity contribution in [2.75, 3.05) is 0 Å². The molecule has 0 aromatic rings. The van der Waals surface area contributed by atoms with Crippen LogP contribution in [0.3, 0.4) is 0 Å². The summed E-state index contributed by atoms with van der Waals surface area (Å²) in [7, 11) is 1.47. The summed E-state index contributed by atoms with van der Waals surface area (Å²) in [6, 6.07) is 0. The highest BCUT2D eigenvalue weighted by Crippen LogP contribution is 2.24. The third kappa shape index (κ3) is 3.28. The highest BCUT2D eigenvalue weighted by atomic mass is 16.5. The fourth-order valence-electron chi connectivity index (χ4n) is 0.399. The Kier molecular flexibility index (Phi) is 3.80. The van der Waals surface area contributed by atoms with E-state index in [1.807, 2.05) is 13.8 Å². The predicted octanol–water partition coefficient (Wildman–Crippen LogP) is 0.602. The lowest BCUT2D eigenvalue weighted by Crippen LogP contribution is -2.47. The lowest BCUT2D eigenvalue weighted by molar-refractivity contribution is -0.0894. The molecule has 0 fully saturated rings. The fraction of sp³-hybridized carbons (Fsp3) is 0.750. The van der Waals surface area contributed by atoms with Crippen molar-refractivity contribution in [2.45, 2.75) is 38.9 Å². The summed E-state index contributed by atoms with van der Waals surface area (Å²) in [6.45, 7) is 7.03. The topological polar surface area (TPSA) is 55.5 Å². The highest BCUT2D eigenvalue weighted by Gasteiger charge is 2.35. The number of rotatable bonds is 4. The van der Waals surface area contributed by atoms with Gasteiger partial charge in [0.05, 0.1) is 11.2 Å². The molecule has 0 spiro atoms. The van der Waals surface area contributed by atoms with Crippen molar-refractivity contribution in [1.29, 1.82) is 0 Å². The summed E-state index contributed by atoms with van der Waals surface area (Å²) in [5.41, 5.74) is 3.61. The van der Waals surface area contributed by atoms with Crippen molar-refractivity contribution in [3.8, 4) is 0 Å². The Balaban J connectivity index is 4.05. The van der Waals surface area contributed by atoms with Crippen LogP contribution in [-0.2, 0) is 4.65 Å². The molecule has 0 amide bonds. The molecule has 0 rings (SSSR count). The summed E-state index contributed by atoms with van der Waals surface area (Å²) >= 11 is 0. The van der Waals surface area contributed by atoms with Gasteiger partial charge in [0, 0.05) is 0 Å². The molecule has 0 bridgehead atoms. The van der Waals surface area contributed by atoms with Gasteiger partial charge in [0.15, 0.2) is 0 Å². The SMILES string of the molecule is CC(C)(O)C(C)(C)O[B]/C=C/N. The van der Waals surface area contributed by atoms with Gasteiger partial charge in [-0.1, -0.05) is 5.98 Å². The molecule has 0 saturated heterocycles. The summed E-state index contributed by atoms with van der Waals surface area (Å²) in [6.07, 6.45) is 1.38. The van der Waals surface area contributed by atoms with Crippen LogP contribution in [0.1, 0.15) is 27.7 Å². The van der Waals surface area contributed by atoms with E-state index in [4.69, 9.17) is 10.4 Å². The van der Waals surface area contributed by atoms with E-state index in [9.17, 15) is 5.11 Å². The molecule has 0 heterocycles. The Hall–Kier alpha value is -0.475. The van der Waals surface area contributed by atoms with Gasteiger partial charge < -0.3 is 15.5 Å². The minimum Gasteiger partial charge on any atom is -0.427 e. The van der Waals surface area contributed by atoms with Crippen molar-refractivity contribution >= 4 is 7.48 Å². The van der Waals surface area contributed by atoms with Crippen LogP contribution in [0, 0.1) is 0 Å². The second kappa shape index (κ2) is 3.96. The maximum atomic E-state index is 9.64. The zero-order valence-corrected chi connectivity index (χ0v) is 8.16. The standard InChI is InChI=1S/C8H17BNO2/c1-7(2,11)8(3,4)12-9-5-6-10/h5-6,11H,10H2,1-4H3/b6-5+. The van der Waals surface area contributed by atoms with E-state index >= 15 is 0 Å². The second-order valence-electron chi connectivity index (χ2n) is 3.71. The third-order valence-corrected chi connectivity index (χ3v) is 2.03. The van der Waals surface area contributed by atoms with Gasteiger partial charge in [-0.05, 0) is 33.9 Å². The molecular weight excluding hydrogens is 153 g/mol. The maximum absolute atomic E-state index is 9.64. The van der Waals surface area contributed by atoms with Gasteiger partial charge in [0.1, 0.15) is 0 Å². The molecule has 1 radical (unpaired) electrons. The first-order valence-corrected chi connectivity index (χ1v) is 3.91. The average Bonchev–Trinajstić information content (AvgIpc) is 1.85. The molecule has 3 N–H and O–H groups in total. The van der Waals surface area contributed by atoms with Crippen LogP contribution >= 0.6 is 0 Å². The van der Waals surface area contributed by atoms with E-state index < -0.39 is 11.2 Å². The van der Waals surface area contributed by atoms with Gasteiger partial charge in [-0.2, -0.15) is 0 Å². The Labute approximate surface area is 74.9 Å². The zero-order chi connectivity index (χ0) is 9.83. The van der Waals surface area contributed by atoms with Gasteiger partial charge in [0.25, 0.3) is 0 Å². The first-order valence-electron chi connectivity index (χ1n) is 3.91. The minimum absolute atomic E-state index is 0.619. The van der Waals surface area contributed by atoms with Gasteiger partial charge in [-0.3, -0.25) is 0 Å². The van der Waals surface area contributed by atoms with Crippen LogP contribution in [0.15, 0.2) is 12.2 Å². The molecule has 0 aliphatic rings. The zero-order valence-electron chi connectivity index (χ0n) is 8.16. The van der Waals surface area contributed by atoms with Crippen molar-refractivity contribution < 1.29 is 9.76 Å². The van der Waals surface area contributed by atoms with Crippen LogP contribution in [0.4, 0.5) is 0 Å². The molecular formula is C8H17BNO2. The van der Waals surface area contributed by atoms with Gasteiger partial charge >= 0.3 is 7.48 Å². The predicted molar refractivity (Wildman–Crippen MR) is 50.5 cm³/mol. The van der Waals surface area contributed by atoms with Crippen LogP contribution in [0.25, 0.3) is 0 Å². The lowest BCUT2D eigenvalue weighted by atomic mass is 9.86. The van der Waals surface area contributed by atoms with E-state index in [0.717, 1.165) is 0 Å². The van der Waals surface area contributed by atoms with Crippen LogP contribution in [0.2, 0.25) is 0 Å². The van der Waals surface area contributed by atoms with Crippen molar-refractivity contribution in [2.24, 2.45) is 5.73 Å². The van der Waals surface area contributed by atoms with Crippen molar-refractivity contribution in [3.05, 3.63) is 12.2 Å². The maximum Gasteiger partial charge on any atom is 0.324 e. The number of aliphatic hydroxyl groups is 1. The van der Waals surface area contributed by atoms with Crippen LogP contribution in [0.5, 0.6) is 0 Å². The third-order valence-electron chi connectivity index (χ3n) is 2.03. The molecule has 0 aromatic carbocycles. The van der Waals surface area contributed by atoms with Gasteiger partial charge in [0.2, 0.25) is 0 Å². The number of hydrogen-bond acceptors (Lipinski definition) is 3. The molecule has 0 aliphatic carbocycles. The van der Waals surface area contributed by atoms with Crippen molar-refractivity contribution in [3.63, 3.8) is 0 Å². The van der Waals surface area contributed by atoms with E-state index in [-0.39, 0.29) is 0 Å². The Morgan fingerprint density at radius 2 is 1.83 bits per heavy atom. The highest BCUT2D eigenvalue weighted by molar-refractivity contribution is 6.34. The summed E-state index contributed by atoms with van der Waals surface area (Å²) in [4.78, 5) is 0. The van der Waals surface area contributed by atoms with E-state index in [0.29, 0.717) is 0 Å². The lowest BCUT2D eigenvalue weighted by Gasteiger charge is -2.37. The Morgan fingerprint density at radius 3 is 2.17 bits per heavy atom. The summed E-state index contributed by atoms with van der Waals surface area (Å²) in [5, 5.41) is 9.64. The summed E-state index contributed by atoms with van der Waals surface area (Å²) < 4.78 is 5.29. The first-order chi connectivity index (χ1) is 5.31. The number of hydrogen-bond donors (Lipinski definition) is 2. The normalized spacial score (nSPS) is 13.8. The summed E-state index contributed by atoms with van der Waals surface area (Å²) in [5.74, 6) is 1.58. The van der Waals surface area contributed by atoms with E-state index in [2.05, 4.69) is 0 Å². The van der Waals surface area contributed by atoms with Gasteiger partial charge in [-0.25, -0.2) is 0 Å². The van der Waals surface area contributed by atoms with Crippen molar-refractivity contribution in [1.82, 2.24) is 0 Å². The molecule has 4 heteroatoms. The molecule has 69 valence electrons. The second-order valence-corrected chi connectivity index (χ2v) is 3.71. The Morgan fingerprint density at radius 1 is 1.33 bits per heavy atom. The van der Waals surface area contributed by atoms with E-state index in [1.165, 1.54) is 13.7 Å². The molecule has 0 atom stereocenters. The van der Waals surface area contributed by atoms with Crippen LogP contribution in [-0.4, -0.2) is 23.8 Å². The van der Waals surface area contributed by atoms with Crippen LogP contribution < -0.4 is 5.73 Å². The molecule has 0 saturated carbocycles. The molecule has 12 heavy (non-hydrogen) atoms. The minimum atomic E-state index is -0.883. The first kappa shape index (κ1) is 11.5. The molecule has 0 unspecified atom stereocenters. The molecule has 0 aromatic heterocycles. The monoisotopic (exact) mass is 170 g/mol. The quantitative estimate of drug-likeness (QED) is 0.607. The molecule has 0 aliphatic heterocycles. The molecule has 3 nitrogen and oxygen atoms in total. The smallest absolute Gasteiger partial charge is 0.324 e. The van der Waals surface area contributed by atoms with Gasteiger partial charge in [-0.15, -0.1) is 0 Å². The fourth-order valence-corrected chi connectivity index (χ4v) is 0.399.